The molecule has 1 amide bonds. The van der Waals surface area contributed by atoms with Crippen LogP contribution in [0.1, 0.15) is 29.6 Å². The molecule has 0 aliphatic carbocycles. The third-order valence-electron chi connectivity index (χ3n) is 3.44. The number of aromatic nitrogens is 2. The molecule has 1 aliphatic rings. The van der Waals surface area contributed by atoms with Gasteiger partial charge in [-0.1, -0.05) is 23.2 Å². The minimum absolute atomic E-state index is 0.317. The molecule has 22 heavy (non-hydrogen) atoms. The average molecular weight is 357 g/mol. The Morgan fingerprint density at radius 1 is 1.18 bits per heavy atom. The number of hydrogen-bond acceptors (Lipinski definition) is 5. The lowest BCUT2D eigenvalue weighted by Crippen LogP contribution is -2.30. The van der Waals surface area contributed by atoms with E-state index in [1.165, 1.54) is 19.3 Å². The molecule has 3 heterocycles. The quantitative estimate of drug-likeness (QED) is 0.899. The highest BCUT2D eigenvalue weighted by molar-refractivity contribution is 7.20. The lowest BCUT2D eigenvalue weighted by Gasteiger charge is -2.26. The fraction of sp³-hybridized carbons (Fsp3) is 0.357. The molecule has 5 nitrogen and oxygen atoms in total. The molecular weight excluding hydrogens is 343 g/mol. The highest BCUT2D eigenvalue weighted by Crippen LogP contribution is 2.31. The van der Waals surface area contributed by atoms with Gasteiger partial charge in [-0.2, -0.15) is 0 Å². The first kappa shape index (κ1) is 15.5. The fourth-order valence-electron chi connectivity index (χ4n) is 2.34. The van der Waals surface area contributed by atoms with Gasteiger partial charge in [-0.25, -0.2) is 9.97 Å². The zero-order valence-corrected chi connectivity index (χ0v) is 14.0. The van der Waals surface area contributed by atoms with Crippen LogP contribution in [0.5, 0.6) is 0 Å². The van der Waals surface area contributed by atoms with Crippen LogP contribution in [0, 0.1) is 0 Å². The first-order valence-electron chi connectivity index (χ1n) is 6.96. The molecule has 0 aromatic carbocycles. The third-order valence-corrected chi connectivity index (χ3v) is 4.92. The number of amides is 1. The van der Waals surface area contributed by atoms with Crippen molar-refractivity contribution in [3.8, 4) is 0 Å². The first-order valence-corrected chi connectivity index (χ1v) is 8.54. The van der Waals surface area contributed by atoms with Crippen LogP contribution in [0.15, 0.2) is 18.5 Å². The molecule has 1 fully saturated rings. The Hall–Kier alpha value is -1.37. The molecule has 0 spiro atoms. The predicted molar refractivity (Wildman–Crippen MR) is 90.4 cm³/mol. The fourth-order valence-corrected chi connectivity index (χ4v) is 3.79. The van der Waals surface area contributed by atoms with E-state index in [2.05, 4.69) is 20.2 Å². The SMILES string of the molecule is O=C(Nc1cnc(N2CCCCC2)nc1)c1cc(Cl)sc1Cl. The Morgan fingerprint density at radius 3 is 2.45 bits per heavy atom. The lowest BCUT2D eigenvalue weighted by atomic mass is 10.1. The van der Waals surface area contributed by atoms with E-state index in [4.69, 9.17) is 23.2 Å². The number of rotatable bonds is 3. The Bertz CT molecular complexity index is 668. The predicted octanol–water partition coefficient (Wildman–Crippen LogP) is 4.09. The highest BCUT2D eigenvalue weighted by Gasteiger charge is 2.16. The van der Waals surface area contributed by atoms with Crippen LogP contribution in [0.3, 0.4) is 0 Å². The summed E-state index contributed by atoms with van der Waals surface area (Å²) >= 11 is 13.0. The molecule has 1 N–H and O–H groups in total. The summed E-state index contributed by atoms with van der Waals surface area (Å²) in [6, 6.07) is 1.55. The van der Waals surface area contributed by atoms with Gasteiger partial charge in [0.1, 0.15) is 4.34 Å². The number of piperidine rings is 1. The summed E-state index contributed by atoms with van der Waals surface area (Å²) in [5.41, 5.74) is 0.890. The van der Waals surface area contributed by atoms with Crippen LogP contribution in [-0.2, 0) is 0 Å². The van der Waals surface area contributed by atoms with Crippen molar-refractivity contribution in [2.45, 2.75) is 19.3 Å². The largest absolute Gasteiger partial charge is 0.341 e. The van der Waals surface area contributed by atoms with Gasteiger partial charge in [0.15, 0.2) is 0 Å². The number of carbonyl (C=O) groups is 1. The number of carbonyl (C=O) groups excluding carboxylic acids is 1. The van der Waals surface area contributed by atoms with Crippen LogP contribution in [0.25, 0.3) is 0 Å². The average Bonchev–Trinajstić information content (AvgIpc) is 2.88. The summed E-state index contributed by atoms with van der Waals surface area (Å²) in [7, 11) is 0. The van der Waals surface area contributed by atoms with Gasteiger partial charge in [-0.3, -0.25) is 4.79 Å². The summed E-state index contributed by atoms with van der Waals surface area (Å²) in [6.07, 6.45) is 6.81. The van der Waals surface area contributed by atoms with Gasteiger partial charge in [-0.15, -0.1) is 11.3 Å². The van der Waals surface area contributed by atoms with Gasteiger partial charge in [0.05, 0.1) is 28.0 Å². The van der Waals surface area contributed by atoms with Crippen LogP contribution in [-0.4, -0.2) is 29.0 Å². The molecule has 2 aromatic heterocycles. The van der Waals surface area contributed by atoms with Crippen LogP contribution < -0.4 is 10.2 Å². The summed E-state index contributed by atoms with van der Waals surface area (Å²) in [5, 5.41) is 2.72. The first-order chi connectivity index (χ1) is 10.6. The van der Waals surface area contributed by atoms with Crippen molar-refractivity contribution in [3.05, 3.63) is 32.7 Å². The number of hydrogen-bond donors (Lipinski definition) is 1. The van der Waals surface area contributed by atoms with E-state index in [0.29, 0.717) is 25.9 Å². The molecule has 0 unspecified atom stereocenters. The van der Waals surface area contributed by atoms with Crippen LogP contribution in [0.2, 0.25) is 8.67 Å². The number of nitrogens with one attached hydrogen (secondary N) is 1. The molecular formula is C14H14Cl2N4OS. The van der Waals surface area contributed by atoms with E-state index in [-0.39, 0.29) is 5.91 Å². The second kappa shape index (κ2) is 6.81. The van der Waals surface area contributed by atoms with E-state index < -0.39 is 0 Å². The molecule has 0 radical (unpaired) electrons. The smallest absolute Gasteiger partial charge is 0.258 e. The highest BCUT2D eigenvalue weighted by atomic mass is 35.5. The maximum atomic E-state index is 12.1. The molecule has 3 rings (SSSR count). The molecule has 116 valence electrons. The molecule has 1 saturated heterocycles. The van der Waals surface area contributed by atoms with E-state index in [1.54, 1.807) is 18.5 Å². The van der Waals surface area contributed by atoms with Crippen molar-refractivity contribution in [1.82, 2.24) is 9.97 Å². The standard InChI is InChI=1S/C14H14Cl2N4OS/c15-11-6-10(12(16)22-11)13(21)19-9-7-17-14(18-8-9)20-4-2-1-3-5-20/h6-8H,1-5H2,(H,19,21). The van der Waals surface area contributed by atoms with Crippen molar-refractivity contribution in [1.29, 1.82) is 0 Å². The van der Waals surface area contributed by atoms with Crippen molar-refractivity contribution in [2.75, 3.05) is 23.3 Å². The molecule has 2 aromatic rings. The minimum Gasteiger partial charge on any atom is -0.341 e. The second-order valence-corrected chi connectivity index (χ2v) is 7.30. The number of anilines is 2. The zero-order chi connectivity index (χ0) is 15.5. The Labute approximate surface area is 142 Å². The van der Waals surface area contributed by atoms with Gasteiger partial charge < -0.3 is 10.2 Å². The van der Waals surface area contributed by atoms with Gasteiger partial charge in [0, 0.05) is 13.1 Å². The maximum Gasteiger partial charge on any atom is 0.258 e. The number of thiophene rings is 1. The minimum atomic E-state index is -0.317. The summed E-state index contributed by atoms with van der Waals surface area (Å²) in [4.78, 5) is 22.9. The molecule has 8 heteroatoms. The van der Waals surface area contributed by atoms with Crippen LogP contribution >= 0.6 is 34.5 Å². The third kappa shape index (κ3) is 3.51. The van der Waals surface area contributed by atoms with Crippen molar-refractivity contribution >= 4 is 52.1 Å². The van der Waals surface area contributed by atoms with Gasteiger partial charge in [-0.05, 0) is 25.3 Å². The van der Waals surface area contributed by atoms with E-state index in [0.717, 1.165) is 24.4 Å². The Morgan fingerprint density at radius 2 is 1.86 bits per heavy atom. The van der Waals surface area contributed by atoms with E-state index in [1.807, 2.05) is 0 Å². The topological polar surface area (TPSA) is 58.1 Å². The Balaban J connectivity index is 1.68. The van der Waals surface area contributed by atoms with Gasteiger partial charge in [0.2, 0.25) is 5.95 Å². The van der Waals surface area contributed by atoms with Crippen molar-refractivity contribution in [2.24, 2.45) is 0 Å². The normalized spacial score (nSPS) is 14.9. The lowest BCUT2D eigenvalue weighted by molar-refractivity contribution is 0.102. The van der Waals surface area contributed by atoms with Crippen molar-refractivity contribution in [3.63, 3.8) is 0 Å². The Kier molecular flexibility index (Phi) is 4.81. The summed E-state index contributed by atoms with van der Waals surface area (Å²) in [5.74, 6) is 0.386. The summed E-state index contributed by atoms with van der Waals surface area (Å²) < 4.78 is 0.847. The van der Waals surface area contributed by atoms with Crippen LogP contribution in [0.4, 0.5) is 11.6 Å². The maximum absolute atomic E-state index is 12.1. The van der Waals surface area contributed by atoms with Gasteiger partial charge >= 0.3 is 0 Å². The monoisotopic (exact) mass is 356 g/mol. The van der Waals surface area contributed by atoms with Crippen molar-refractivity contribution < 1.29 is 4.79 Å². The molecule has 0 saturated carbocycles. The van der Waals surface area contributed by atoms with E-state index in [9.17, 15) is 4.79 Å². The number of halogens is 2. The second-order valence-electron chi connectivity index (χ2n) is 5.01. The van der Waals surface area contributed by atoms with E-state index >= 15 is 0 Å². The molecule has 0 bridgehead atoms. The number of nitrogens with zero attached hydrogens (tertiary/aromatic N) is 3. The summed E-state index contributed by atoms with van der Waals surface area (Å²) in [6.45, 7) is 1.96. The zero-order valence-electron chi connectivity index (χ0n) is 11.7. The molecule has 1 aliphatic heterocycles. The molecule has 0 atom stereocenters. The van der Waals surface area contributed by atoms with Gasteiger partial charge in [0.25, 0.3) is 5.91 Å².